The first kappa shape index (κ1) is 24.0. The second kappa shape index (κ2) is 13.1. The van der Waals surface area contributed by atoms with E-state index in [0.29, 0.717) is 19.2 Å². The predicted octanol–water partition coefficient (Wildman–Crippen LogP) is 3.14. The number of likely N-dealkylation sites (N-methyl/N-ethyl adjacent to an activating group) is 1. The number of aliphatic hydroxyl groups is 1. The minimum Gasteiger partial charge on any atom is -0.389 e. The molecule has 0 saturated heterocycles. The lowest BCUT2D eigenvalue weighted by Crippen LogP contribution is -2.37. The van der Waals surface area contributed by atoms with Crippen LogP contribution in [-0.4, -0.2) is 62.8 Å². The van der Waals surface area contributed by atoms with Crippen LogP contribution in [0.3, 0.4) is 0 Å². The number of aryl methyl sites for hydroxylation is 1. The van der Waals surface area contributed by atoms with Crippen LogP contribution in [0.15, 0.2) is 18.2 Å². The predicted molar refractivity (Wildman–Crippen MR) is 118 cm³/mol. The van der Waals surface area contributed by atoms with E-state index in [4.69, 9.17) is 5.11 Å². The Bertz CT molecular complexity index is 602. The molecule has 3 rings (SSSR count). The summed E-state index contributed by atoms with van der Waals surface area (Å²) in [7, 11) is 3.85. The molecule has 5 heteroatoms. The second-order valence-electron chi connectivity index (χ2n) is 8.39. The number of fused-ring (bicyclic) bond motifs is 1. The summed E-state index contributed by atoms with van der Waals surface area (Å²) in [6.45, 7) is 4.47. The highest BCUT2D eigenvalue weighted by Crippen LogP contribution is 2.41. The quantitative estimate of drug-likeness (QED) is 0.515. The van der Waals surface area contributed by atoms with Gasteiger partial charge in [0, 0.05) is 26.2 Å². The molecular formula is C24H40N2O3. The molecule has 29 heavy (non-hydrogen) atoms. The number of benzene rings is 1. The average Bonchev–Trinajstić information content (AvgIpc) is 2.74. The zero-order valence-electron chi connectivity index (χ0n) is 18.5. The van der Waals surface area contributed by atoms with Gasteiger partial charge in [0.1, 0.15) is 6.29 Å². The number of methoxy groups -OCH3 is 1. The number of carbonyl (C=O) groups is 1. The molecule has 5 nitrogen and oxygen atoms in total. The summed E-state index contributed by atoms with van der Waals surface area (Å²) < 4.78 is 4.66. The van der Waals surface area contributed by atoms with Crippen LogP contribution < -0.4 is 5.32 Å². The number of nitrogens with zero attached hydrogens (tertiary/aromatic N) is 1. The van der Waals surface area contributed by atoms with Gasteiger partial charge >= 0.3 is 0 Å². The highest BCUT2D eigenvalue weighted by atomic mass is 16.5. The number of hydrogen-bond donors (Lipinski definition) is 2. The first-order chi connectivity index (χ1) is 14.1. The minimum atomic E-state index is -0.523. The van der Waals surface area contributed by atoms with Crippen molar-refractivity contribution in [3.05, 3.63) is 34.9 Å². The number of ether oxygens (including phenoxy) is 1. The third kappa shape index (κ3) is 7.49. The molecule has 2 N–H and O–H groups in total. The number of hydrogen-bond acceptors (Lipinski definition) is 5. The van der Waals surface area contributed by atoms with Crippen LogP contribution in [0, 0.1) is 5.92 Å². The van der Waals surface area contributed by atoms with Crippen LogP contribution >= 0.6 is 0 Å². The lowest BCUT2D eigenvalue weighted by atomic mass is 9.77. The second-order valence-corrected chi connectivity index (χ2v) is 8.39. The number of nitrogens with one attached hydrogen (secondary N) is 1. The van der Waals surface area contributed by atoms with Crippen LogP contribution in [0.1, 0.15) is 61.8 Å². The van der Waals surface area contributed by atoms with E-state index in [1.807, 2.05) is 0 Å². The first-order valence-electron chi connectivity index (χ1n) is 11.2. The Balaban J connectivity index is 0.000000257. The normalized spacial score (nSPS) is 21.0. The fraction of sp³-hybridized carbons (Fsp3) is 0.708. The van der Waals surface area contributed by atoms with Crippen LogP contribution in [0.4, 0.5) is 0 Å². The van der Waals surface area contributed by atoms with E-state index in [0.717, 1.165) is 18.6 Å². The molecule has 164 valence electrons. The van der Waals surface area contributed by atoms with E-state index in [-0.39, 0.29) is 6.54 Å². The Morgan fingerprint density at radius 3 is 2.72 bits per heavy atom. The summed E-state index contributed by atoms with van der Waals surface area (Å²) in [5.74, 6) is 0.893. The molecule has 0 amide bonds. The molecule has 1 aliphatic carbocycles. The van der Waals surface area contributed by atoms with E-state index in [2.05, 4.69) is 47.1 Å². The van der Waals surface area contributed by atoms with Crippen molar-refractivity contribution in [1.82, 2.24) is 10.2 Å². The summed E-state index contributed by atoms with van der Waals surface area (Å²) in [6, 6.07) is 7.93. The molecule has 1 aliphatic heterocycles. The number of aldehydes is 1. The van der Waals surface area contributed by atoms with Crippen molar-refractivity contribution in [3.8, 4) is 0 Å². The van der Waals surface area contributed by atoms with Gasteiger partial charge in [0.05, 0.1) is 19.3 Å². The van der Waals surface area contributed by atoms with Crippen molar-refractivity contribution in [2.75, 3.05) is 40.4 Å². The highest BCUT2D eigenvalue weighted by Gasteiger charge is 2.32. The molecule has 1 aromatic rings. The van der Waals surface area contributed by atoms with Crippen molar-refractivity contribution >= 4 is 6.29 Å². The van der Waals surface area contributed by atoms with E-state index in [9.17, 15) is 4.79 Å². The van der Waals surface area contributed by atoms with Crippen LogP contribution in [0.25, 0.3) is 0 Å². The molecule has 1 aromatic carbocycles. The molecule has 0 radical (unpaired) electrons. The molecule has 1 heterocycles. The summed E-state index contributed by atoms with van der Waals surface area (Å²) in [4.78, 5) is 12.4. The van der Waals surface area contributed by atoms with Crippen molar-refractivity contribution in [2.24, 2.45) is 5.92 Å². The molecule has 2 aliphatic rings. The Morgan fingerprint density at radius 1 is 1.31 bits per heavy atom. The Labute approximate surface area is 176 Å². The molecular weight excluding hydrogens is 364 g/mol. The third-order valence-corrected chi connectivity index (χ3v) is 6.21. The molecule has 1 fully saturated rings. The van der Waals surface area contributed by atoms with Gasteiger partial charge in [0.15, 0.2) is 0 Å². The Kier molecular flexibility index (Phi) is 10.9. The maximum Gasteiger partial charge on any atom is 0.133 e. The summed E-state index contributed by atoms with van der Waals surface area (Å²) in [6.07, 6.45) is 9.83. The highest BCUT2D eigenvalue weighted by molar-refractivity contribution is 5.51. The molecule has 2 unspecified atom stereocenters. The summed E-state index contributed by atoms with van der Waals surface area (Å²) >= 11 is 0. The van der Waals surface area contributed by atoms with Gasteiger partial charge in [-0.2, -0.15) is 0 Å². The maximum atomic E-state index is 9.77. The van der Waals surface area contributed by atoms with Gasteiger partial charge in [-0.05, 0) is 55.3 Å². The Hall–Kier alpha value is -1.27. The van der Waals surface area contributed by atoms with Crippen LogP contribution in [0.2, 0.25) is 0 Å². The maximum absolute atomic E-state index is 9.77. The van der Waals surface area contributed by atoms with Gasteiger partial charge < -0.3 is 20.0 Å². The van der Waals surface area contributed by atoms with E-state index in [1.165, 1.54) is 57.7 Å². The molecule has 0 spiro atoms. The monoisotopic (exact) mass is 404 g/mol. The van der Waals surface area contributed by atoms with E-state index < -0.39 is 6.10 Å². The van der Waals surface area contributed by atoms with Gasteiger partial charge in [-0.1, -0.05) is 44.4 Å². The largest absolute Gasteiger partial charge is 0.389 e. The van der Waals surface area contributed by atoms with Gasteiger partial charge in [-0.15, -0.1) is 0 Å². The van der Waals surface area contributed by atoms with E-state index in [1.54, 1.807) is 11.1 Å². The lowest BCUT2D eigenvalue weighted by molar-refractivity contribution is -0.107. The molecule has 2 atom stereocenters. The van der Waals surface area contributed by atoms with Crippen molar-refractivity contribution in [1.29, 1.82) is 0 Å². The number of aliphatic hydroxyl groups excluding tert-OH is 1. The average molecular weight is 405 g/mol. The van der Waals surface area contributed by atoms with Crippen molar-refractivity contribution in [3.63, 3.8) is 0 Å². The summed E-state index contributed by atoms with van der Waals surface area (Å²) in [5.41, 5.74) is 4.78. The van der Waals surface area contributed by atoms with Crippen LogP contribution in [0.5, 0.6) is 0 Å². The minimum absolute atomic E-state index is 0.279. The molecule has 0 bridgehead atoms. The topological polar surface area (TPSA) is 61.8 Å². The van der Waals surface area contributed by atoms with Crippen molar-refractivity contribution < 1.29 is 14.6 Å². The lowest BCUT2D eigenvalue weighted by Gasteiger charge is -2.41. The number of rotatable bonds is 8. The standard InChI is InChI=1S/C18H27N.C6H13NO3/c1-3-14-9-10-15-11-12-19(2)18(17(15)13-14)16-7-5-4-6-8-16;1-10-5-6(9)4-7-2-3-8/h9-10,13,16,18H,3-8,11-12H2,1-2H3;3,6-7,9H,2,4-5H2,1H3. The van der Waals surface area contributed by atoms with Gasteiger partial charge in [-0.3, -0.25) is 4.90 Å². The van der Waals surface area contributed by atoms with Crippen LogP contribution in [-0.2, 0) is 22.4 Å². The van der Waals surface area contributed by atoms with E-state index >= 15 is 0 Å². The zero-order valence-corrected chi connectivity index (χ0v) is 18.5. The fourth-order valence-electron chi connectivity index (χ4n) is 4.66. The fourth-order valence-corrected chi connectivity index (χ4v) is 4.66. The Morgan fingerprint density at radius 2 is 2.07 bits per heavy atom. The van der Waals surface area contributed by atoms with Crippen molar-refractivity contribution in [2.45, 2.75) is 64.0 Å². The summed E-state index contributed by atoms with van der Waals surface area (Å²) in [5, 5.41) is 11.7. The van der Waals surface area contributed by atoms with Gasteiger partial charge in [0.25, 0.3) is 0 Å². The number of carbonyl (C=O) groups excluding carboxylic acids is 1. The third-order valence-electron chi connectivity index (χ3n) is 6.21. The SMILES string of the molecule is CCc1ccc2c(c1)C(C1CCCCC1)N(C)CC2.COCC(O)CNCC=O. The smallest absolute Gasteiger partial charge is 0.133 e. The zero-order chi connectivity index (χ0) is 21.1. The van der Waals surface area contributed by atoms with Gasteiger partial charge in [0.2, 0.25) is 0 Å². The molecule has 1 saturated carbocycles. The molecule has 0 aromatic heterocycles. The first-order valence-corrected chi connectivity index (χ1v) is 11.2. The van der Waals surface area contributed by atoms with Gasteiger partial charge in [-0.25, -0.2) is 0 Å².